The van der Waals surface area contributed by atoms with Crippen LogP contribution in [0.1, 0.15) is 16.9 Å². The summed E-state index contributed by atoms with van der Waals surface area (Å²) in [6, 6.07) is 35.6. The van der Waals surface area contributed by atoms with E-state index in [0.717, 1.165) is 0 Å². The van der Waals surface area contributed by atoms with E-state index in [0.29, 0.717) is 24.5 Å². The molecule has 0 aliphatic carbocycles. The second-order valence-corrected chi connectivity index (χ2v) is 9.45. The van der Waals surface area contributed by atoms with Crippen molar-refractivity contribution in [1.29, 1.82) is 0 Å². The number of ether oxygens (including phenoxy) is 1. The largest absolute Gasteiger partial charge is 0.492 e. The molecule has 0 atom stereocenters. The van der Waals surface area contributed by atoms with Gasteiger partial charge in [-0.2, -0.15) is 0 Å². The monoisotopic (exact) mass is 472 g/mol. The number of benzene rings is 3. The number of aliphatic hydroxyl groups excluding tert-OH is 1. The lowest BCUT2D eigenvalue weighted by atomic mass is 10.3. The van der Waals surface area contributed by atoms with E-state index in [1.165, 1.54) is 22.1 Å². The minimum Gasteiger partial charge on any atom is -0.492 e. The molecule has 0 spiro atoms. The predicted molar refractivity (Wildman–Crippen MR) is 140 cm³/mol. The summed E-state index contributed by atoms with van der Waals surface area (Å²) >= 11 is 0. The highest BCUT2D eigenvalue weighted by atomic mass is 31.1. The van der Waals surface area contributed by atoms with E-state index in [2.05, 4.69) is 101 Å². The number of pyridine rings is 1. The van der Waals surface area contributed by atoms with Crippen molar-refractivity contribution in [1.82, 2.24) is 10.3 Å². The van der Waals surface area contributed by atoms with Crippen molar-refractivity contribution in [3.8, 4) is 5.75 Å². The third kappa shape index (κ3) is 7.51. The number of carbonyl (C=O) groups is 1. The lowest BCUT2D eigenvalue weighted by Crippen LogP contribution is -2.20. The summed E-state index contributed by atoms with van der Waals surface area (Å²) in [6.07, 6.45) is 2.07. The summed E-state index contributed by atoms with van der Waals surface area (Å²) in [5.41, 5.74) is 0.354. The number of carbonyl (C=O) groups excluding carboxylic acids is 1. The Morgan fingerprint density at radius 2 is 1.32 bits per heavy atom. The van der Waals surface area contributed by atoms with E-state index in [4.69, 9.17) is 9.84 Å². The maximum atomic E-state index is 11.1. The Bertz CT molecular complexity index is 1010. The third-order valence-electron chi connectivity index (χ3n) is 4.81. The fourth-order valence-electron chi connectivity index (χ4n) is 3.16. The first-order valence-electron chi connectivity index (χ1n) is 11.1. The summed E-state index contributed by atoms with van der Waals surface area (Å²) in [5.74, 6) is 0.369. The number of aromatic nitrogens is 1. The Hall–Kier alpha value is -3.53. The van der Waals surface area contributed by atoms with E-state index in [1.807, 2.05) is 0 Å². The number of amides is 1. The molecule has 0 fully saturated rings. The van der Waals surface area contributed by atoms with Gasteiger partial charge in [0.1, 0.15) is 11.4 Å². The van der Waals surface area contributed by atoms with Crippen molar-refractivity contribution < 1.29 is 14.6 Å². The quantitative estimate of drug-likeness (QED) is 0.303. The molecule has 34 heavy (non-hydrogen) atoms. The molecule has 174 valence electrons. The van der Waals surface area contributed by atoms with Crippen LogP contribution in [0.5, 0.6) is 5.75 Å². The number of nitrogens with zero attached hydrogens (tertiary/aromatic N) is 1. The lowest BCUT2D eigenvalue weighted by molar-refractivity contribution is 0.0958. The van der Waals surface area contributed by atoms with Crippen LogP contribution in [0, 0.1) is 0 Å². The highest BCUT2D eigenvalue weighted by molar-refractivity contribution is 7.79. The zero-order chi connectivity index (χ0) is 24.0. The van der Waals surface area contributed by atoms with E-state index in [1.54, 1.807) is 19.2 Å². The van der Waals surface area contributed by atoms with Crippen molar-refractivity contribution in [2.75, 3.05) is 20.3 Å². The van der Waals surface area contributed by atoms with Crippen LogP contribution in [0.25, 0.3) is 0 Å². The van der Waals surface area contributed by atoms with Crippen molar-refractivity contribution in [2.24, 2.45) is 0 Å². The van der Waals surface area contributed by atoms with Gasteiger partial charge in [0.05, 0.1) is 12.8 Å². The molecule has 0 aliphatic heterocycles. The average Bonchev–Trinajstić information content (AvgIpc) is 2.91. The van der Waals surface area contributed by atoms with Crippen molar-refractivity contribution >= 4 is 29.7 Å². The van der Waals surface area contributed by atoms with Gasteiger partial charge in [0.2, 0.25) is 0 Å². The maximum absolute atomic E-state index is 11.1. The van der Waals surface area contributed by atoms with Gasteiger partial charge in [0, 0.05) is 20.1 Å². The van der Waals surface area contributed by atoms with E-state index < -0.39 is 7.92 Å². The highest BCUT2D eigenvalue weighted by Gasteiger charge is 2.15. The number of hydrogen-bond acceptors (Lipinski definition) is 4. The molecule has 0 radical (unpaired) electrons. The number of rotatable bonds is 8. The van der Waals surface area contributed by atoms with Crippen molar-refractivity contribution in [3.05, 3.63) is 115 Å². The van der Waals surface area contributed by atoms with Gasteiger partial charge in [-0.15, -0.1) is 0 Å². The van der Waals surface area contributed by atoms with Crippen LogP contribution in [0.3, 0.4) is 0 Å². The molecule has 3 aromatic carbocycles. The van der Waals surface area contributed by atoms with E-state index in [-0.39, 0.29) is 12.5 Å². The zero-order valence-corrected chi connectivity index (χ0v) is 20.1. The summed E-state index contributed by atoms with van der Waals surface area (Å²) in [4.78, 5) is 15.1. The van der Waals surface area contributed by atoms with Crippen LogP contribution in [0.2, 0.25) is 0 Å². The molecule has 6 heteroatoms. The van der Waals surface area contributed by atoms with Gasteiger partial charge in [-0.1, -0.05) is 91.0 Å². The van der Waals surface area contributed by atoms with Gasteiger partial charge >= 0.3 is 0 Å². The summed E-state index contributed by atoms with van der Waals surface area (Å²) in [5, 5.41) is 15.2. The average molecular weight is 473 g/mol. The first kappa shape index (κ1) is 25.1. The minimum absolute atomic E-state index is 0.101. The van der Waals surface area contributed by atoms with Crippen molar-refractivity contribution in [2.45, 2.75) is 6.42 Å². The molecule has 4 rings (SSSR count). The van der Waals surface area contributed by atoms with Crippen LogP contribution in [-0.4, -0.2) is 36.3 Å². The second kappa shape index (κ2) is 13.9. The topological polar surface area (TPSA) is 71.5 Å². The fraction of sp³-hybridized carbons (Fsp3) is 0.143. The fourth-order valence-corrected chi connectivity index (χ4v) is 5.47. The van der Waals surface area contributed by atoms with Crippen LogP contribution in [-0.2, 0) is 0 Å². The number of aliphatic hydroxyl groups is 1. The molecular formula is C28H29N2O3P. The Kier molecular flexibility index (Phi) is 10.3. The van der Waals surface area contributed by atoms with Crippen LogP contribution in [0.4, 0.5) is 0 Å². The first-order chi connectivity index (χ1) is 16.7. The molecule has 0 saturated heterocycles. The van der Waals surface area contributed by atoms with Crippen molar-refractivity contribution in [3.63, 3.8) is 0 Å². The molecule has 2 N–H and O–H groups in total. The molecule has 0 aliphatic rings. The smallest absolute Gasteiger partial charge is 0.269 e. The standard InChI is InChI=1S/C18H15P.C10H14N2O3/c1-4-10-16(11-5-1)19(17-12-6-2-7-13-17)18-14-8-3-9-15-18;1-11-10(14)9-4-3-8(7-12-9)15-6-2-5-13/h1-15H;3-4,7,13H,2,5-6H2,1H3,(H,11,14). The summed E-state index contributed by atoms with van der Waals surface area (Å²) in [6.45, 7) is 0.543. The Morgan fingerprint density at radius 1 is 0.824 bits per heavy atom. The normalized spacial score (nSPS) is 10.2. The lowest BCUT2D eigenvalue weighted by Gasteiger charge is -2.18. The molecule has 0 saturated carbocycles. The Labute approximate surface area is 202 Å². The number of nitrogens with one attached hydrogen (secondary N) is 1. The number of hydrogen-bond donors (Lipinski definition) is 2. The Balaban J connectivity index is 0.000000197. The molecular weight excluding hydrogens is 443 g/mol. The molecule has 0 bridgehead atoms. The van der Waals surface area contributed by atoms with E-state index >= 15 is 0 Å². The van der Waals surface area contributed by atoms with Gasteiger partial charge in [-0.3, -0.25) is 4.79 Å². The molecule has 4 aromatic rings. The van der Waals surface area contributed by atoms with Gasteiger partial charge in [0.15, 0.2) is 0 Å². The molecule has 1 aromatic heterocycles. The molecule has 5 nitrogen and oxygen atoms in total. The predicted octanol–water partition coefficient (Wildman–Crippen LogP) is 3.65. The molecule has 1 heterocycles. The van der Waals surface area contributed by atoms with Crippen LogP contribution >= 0.6 is 7.92 Å². The first-order valence-corrected chi connectivity index (χ1v) is 12.4. The highest BCUT2D eigenvalue weighted by Crippen LogP contribution is 2.32. The minimum atomic E-state index is -0.446. The summed E-state index contributed by atoms with van der Waals surface area (Å²) in [7, 11) is 1.11. The zero-order valence-electron chi connectivity index (χ0n) is 19.2. The Morgan fingerprint density at radius 3 is 1.71 bits per heavy atom. The van der Waals surface area contributed by atoms with Gasteiger partial charge < -0.3 is 15.2 Å². The van der Waals surface area contributed by atoms with Crippen LogP contribution in [0.15, 0.2) is 109 Å². The molecule has 1 amide bonds. The second-order valence-electron chi connectivity index (χ2n) is 7.23. The van der Waals surface area contributed by atoms with Gasteiger partial charge in [0.25, 0.3) is 5.91 Å². The van der Waals surface area contributed by atoms with Crippen LogP contribution < -0.4 is 26.0 Å². The third-order valence-corrected chi connectivity index (χ3v) is 7.25. The maximum Gasteiger partial charge on any atom is 0.269 e. The van der Waals surface area contributed by atoms with Gasteiger partial charge in [-0.05, 0) is 36.0 Å². The molecule has 0 unspecified atom stereocenters. The van der Waals surface area contributed by atoms with Gasteiger partial charge in [-0.25, -0.2) is 4.98 Å². The summed E-state index contributed by atoms with van der Waals surface area (Å²) < 4.78 is 5.26. The van der Waals surface area contributed by atoms with E-state index in [9.17, 15) is 4.79 Å². The SMILES string of the molecule is CNC(=O)c1ccc(OCCCO)cn1.c1ccc(P(c2ccccc2)c2ccccc2)cc1.